The Balaban J connectivity index is 1.63. The number of hydrazine groups is 1. The van der Waals surface area contributed by atoms with Crippen LogP contribution in [0.15, 0.2) is 53.4 Å². The van der Waals surface area contributed by atoms with Gasteiger partial charge in [0.2, 0.25) is 10.0 Å². The highest BCUT2D eigenvalue weighted by Gasteiger charge is 2.39. The summed E-state index contributed by atoms with van der Waals surface area (Å²) in [6.07, 6.45) is 0.918. The number of methoxy groups -OCH3 is 1. The molecule has 0 bridgehead atoms. The fraction of sp³-hybridized carbons (Fsp3) is 0.263. The van der Waals surface area contributed by atoms with E-state index in [1.54, 1.807) is 18.2 Å². The van der Waals surface area contributed by atoms with Crippen LogP contribution < -0.4 is 20.9 Å². The zero-order chi connectivity index (χ0) is 21.7. The minimum Gasteiger partial charge on any atom is -0.497 e. The lowest BCUT2D eigenvalue weighted by atomic mass is 10.2. The molecule has 1 aliphatic rings. The lowest BCUT2D eigenvalue weighted by Crippen LogP contribution is -2.52. The van der Waals surface area contributed by atoms with Gasteiger partial charge in [0, 0.05) is 6.54 Å². The van der Waals surface area contributed by atoms with Gasteiger partial charge in [-0.25, -0.2) is 12.8 Å². The summed E-state index contributed by atoms with van der Waals surface area (Å²) in [4.78, 5) is 12.7. The van der Waals surface area contributed by atoms with Crippen LogP contribution in [0.4, 0.5) is 10.1 Å². The van der Waals surface area contributed by atoms with E-state index in [-0.39, 0.29) is 22.2 Å². The van der Waals surface area contributed by atoms with Crippen molar-refractivity contribution in [3.63, 3.8) is 0 Å². The number of hydrogen-bond acceptors (Lipinski definition) is 5. The second-order valence-electron chi connectivity index (χ2n) is 6.50. The number of nitrogens with zero attached hydrogens (tertiary/aromatic N) is 1. The van der Waals surface area contributed by atoms with Crippen molar-refractivity contribution in [1.82, 2.24) is 15.2 Å². The lowest BCUT2D eigenvalue weighted by Gasteiger charge is -2.24. The van der Waals surface area contributed by atoms with Gasteiger partial charge in [0.05, 0.1) is 17.7 Å². The lowest BCUT2D eigenvalue weighted by molar-refractivity contribution is -0.124. The summed E-state index contributed by atoms with van der Waals surface area (Å²) in [5.41, 5.74) is 5.02. The van der Waals surface area contributed by atoms with E-state index in [9.17, 15) is 17.6 Å². The molecule has 160 valence electrons. The van der Waals surface area contributed by atoms with E-state index in [1.807, 2.05) is 0 Å². The highest BCUT2D eigenvalue weighted by molar-refractivity contribution is 7.89. The molecule has 3 N–H and O–H groups in total. The van der Waals surface area contributed by atoms with Gasteiger partial charge in [-0.3, -0.25) is 15.6 Å². The molecule has 30 heavy (non-hydrogen) atoms. The van der Waals surface area contributed by atoms with Crippen LogP contribution in [-0.4, -0.2) is 43.4 Å². The molecule has 1 heterocycles. The van der Waals surface area contributed by atoms with Gasteiger partial charge in [-0.05, 0) is 61.5 Å². The number of carbonyl (C=O) groups is 1. The number of para-hydroxylation sites is 1. The highest BCUT2D eigenvalue weighted by Crippen LogP contribution is 2.27. The van der Waals surface area contributed by atoms with Gasteiger partial charge in [0.1, 0.15) is 17.6 Å². The summed E-state index contributed by atoms with van der Waals surface area (Å²) in [6.45, 7) is 0.227. The second kappa shape index (κ2) is 9.37. The molecule has 0 aromatic heterocycles. The minimum atomic E-state index is -3.86. The molecule has 0 saturated carbocycles. The molecule has 1 unspecified atom stereocenters. The molecule has 8 nitrogen and oxygen atoms in total. The first-order valence-electron chi connectivity index (χ1n) is 9.10. The maximum atomic E-state index is 13.7. The standard InChI is InChI=1S/C19H21FN4O4S2/c1-28-13-8-10-14(11-9-13)30(26,27)24-12-4-7-17(24)18(25)22-23-19(29)21-16-6-3-2-5-15(16)20/h2-3,5-6,8-11,17H,4,7,12H2,1H3,(H,22,25)(H2,21,23,29). The zero-order valence-corrected chi connectivity index (χ0v) is 17.7. The predicted octanol–water partition coefficient (Wildman–Crippen LogP) is 2.01. The first-order valence-corrected chi connectivity index (χ1v) is 10.9. The fourth-order valence-electron chi connectivity index (χ4n) is 3.09. The Labute approximate surface area is 179 Å². The van der Waals surface area contributed by atoms with Gasteiger partial charge in [-0.1, -0.05) is 12.1 Å². The molecule has 1 aliphatic heterocycles. The molecule has 1 amide bonds. The van der Waals surface area contributed by atoms with Crippen LogP contribution in [0.5, 0.6) is 5.75 Å². The molecule has 3 rings (SSSR count). The van der Waals surface area contributed by atoms with Crippen molar-refractivity contribution >= 4 is 38.9 Å². The summed E-state index contributed by atoms with van der Waals surface area (Å²) < 4.78 is 45.8. The maximum Gasteiger partial charge on any atom is 0.256 e. The summed E-state index contributed by atoms with van der Waals surface area (Å²) in [5, 5.41) is 2.59. The summed E-state index contributed by atoms with van der Waals surface area (Å²) in [7, 11) is -2.37. The third kappa shape index (κ3) is 4.86. The summed E-state index contributed by atoms with van der Waals surface area (Å²) in [6, 6.07) is 11.0. The van der Waals surface area contributed by atoms with Crippen molar-refractivity contribution in [1.29, 1.82) is 0 Å². The van der Waals surface area contributed by atoms with E-state index in [0.717, 1.165) is 0 Å². The number of thiocarbonyl (C=S) groups is 1. The van der Waals surface area contributed by atoms with Crippen LogP contribution in [0.2, 0.25) is 0 Å². The topological polar surface area (TPSA) is 99.8 Å². The number of amides is 1. The SMILES string of the molecule is COc1ccc(S(=O)(=O)N2CCCC2C(=O)NNC(=S)Nc2ccccc2F)cc1. The average Bonchev–Trinajstić information content (AvgIpc) is 3.25. The molecule has 11 heteroatoms. The third-order valence-corrected chi connectivity index (χ3v) is 6.72. The minimum absolute atomic E-state index is 0.0315. The molecular weight excluding hydrogens is 431 g/mol. The number of halogens is 1. The first-order chi connectivity index (χ1) is 14.3. The van der Waals surface area contributed by atoms with E-state index in [4.69, 9.17) is 17.0 Å². The number of hydrogen-bond donors (Lipinski definition) is 3. The number of anilines is 1. The molecular formula is C19H21FN4O4S2. The second-order valence-corrected chi connectivity index (χ2v) is 8.80. The zero-order valence-electron chi connectivity index (χ0n) is 16.1. The van der Waals surface area contributed by atoms with Gasteiger partial charge in [0.15, 0.2) is 5.11 Å². The Kier molecular flexibility index (Phi) is 6.85. The van der Waals surface area contributed by atoms with Gasteiger partial charge in [-0.2, -0.15) is 4.31 Å². The van der Waals surface area contributed by atoms with E-state index >= 15 is 0 Å². The third-order valence-electron chi connectivity index (χ3n) is 4.59. The molecule has 1 saturated heterocycles. The highest BCUT2D eigenvalue weighted by atomic mass is 32.2. The first kappa shape index (κ1) is 21.9. The van der Waals surface area contributed by atoms with Crippen molar-refractivity contribution in [2.75, 3.05) is 19.0 Å². The number of nitrogens with one attached hydrogen (secondary N) is 3. The number of benzene rings is 2. The van der Waals surface area contributed by atoms with Crippen molar-refractivity contribution < 1.29 is 22.3 Å². The van der Waals surface area contributed by atoms with Gasteiger partial charge >= 0.3 is 0 Å². The van der Waals surface area contributed by atoms with Crippen LogP contribution in [0.3, 0.4) is 0 Å². The van der Waals surface area contributed by atoms with Crippen LogP contribution in [0.25, 0.3) is 0 Å². The Morgan fingerprint density at radius 1 is 1.17 bits per heavy atom. The Bertz CT molecular complexity index is 1030. The van der Waals surface area contributed by atoms with Crippen molar-refractivity contribution in [3.8, 4) is 5.75 Å². The van der Waals surface area contributed by atoms with E-state index < -0.39 is 27.8 Å². The van der Waals surface area contributed by atoms with Crippen LogP contribution in [0.1, 0.15) is 12.8 Å². The molecule has 0 spiro atoms. The predicted molar refractivity (Wildman–Crippen MR) is 114 cm³/mol. The van der Waals surface area contributed by atoms with Crippen molar-refractivity contribution in [2.24, 2.45) is 0 Å². The number of ether oxygens (including phenoxy) is 1. The number of sulfonamides is 1. The smallest absolute Gasteiger partial charge is 0.256 e. The Morgan fingerprint density at radius 3 is 2.53 bits per heavy atom. The largest absolute Gasteiger partial charge is 0.497 e. The number of rotatable bonds is 5. The summed E-state index contributed by atoms with van der Waals surface area (Å²) >= 11 is 5.04. The van der Waals surface area contributed by atoms with Crippen LogP contribution in [0, 0.1) is 5.82 Å². The number of carbonyl (C=O) groups excluding carboxylic acids is 1. The normalized spacial score (nSPS) is 16.7. The Hall–Kier alpha value is -2.76. The molecule has 2 aromatic carbocycles. The van der Waals surface area contributed by atoms with Crippen LogP contribution in [-0.2, 0) is 14.8 Å². The van der Waals surface area contributed by atoms with Gasteiger partial charge in [0.25, 0.3) is 5.91 Å². The van der Waals surface area contributed by atoms with E-state index in [0.29, 0.717) is 18.6 Å². The average molecular weight is 453 g/mol. The molecule has 0 radical (unpaired) electrons. The summed E-state index contributed by atoms with van der Waals surface area (Å²) in [5.74, 6) is -0.521. The van der Waals surface area contributed by atoms with Gasteiger partial charge < -0.3 is 10.1 Å². The molecule has 1 fully saturated rings. The quantitative estimate of drug-likeness (QED) is 0.471. The molecule has 1 atom stereocenters. The monoisotopic (exact) mass is 452 g/mol. The van der Waals surface area contributed by atoms with Crippen molar-refractivity contribution in [3.05, 3.63) is 54.3 Å². The molecule has 2 aromatic rings. The fourth-order valence-corrected chi connectivity index (χ4v) is 4.91. The Morgan fingerprint density at radius 2 is 1.87 bits per heavy atom. The van der Waals surface area contributed by atoms with E-state index in [1.165, 1.54) is 41.7 Å². The molecule has 0 aliphatic carbocycles. The van der Waals surface area contributed by atoms with E-state index in [2.05, 4.69) is 16.2 Å². The van der Waals surface area contributed by atoms with Crippen LogP contribution >= 0.6 is 12.2 Å². The van der Waals surface area contributed by atoms with Crippen molar-refractivity contribution in [2.45, 2.75) is 23.8 Å². The maximum absolute atomic E-state index is 13.7. The van der Waals surface area contributed by atoms with Gasteiger partial charge in [-0.15, -0.1) is 0 Å².